The minimum Gasteiger partial charge on any atom is -0.465 e. The van der Waals surface area contributed by atoms with Crippen molar-refractivity contribution in [2.45, 2.75) is 32.3 Å². The Morgan fingerprint density at radius 2 is 1.92 bits per heavy atom. The van der Waals surface area contributed by atoms with Crippen molar-refractivity contribution in [3.05, 3.63) is 52.5 Å². The lowest BCUT2D eigenvalue weighted by molar-refractivity contribution is -0.142. The first-order valence-electron chi connectivity index (χ1n) is 7.44. The van der Waals surface area contributed by atoms with Crippen LogP contribution < -0.4 is 0 Å². The van der Waals surface area contributed by atoms with Crippen LogP contribution >= 0.6 is 11.8 Å². The van der Waals surface area contributed by atoms with Gasteiger partial charge in [0.25, 0.3) is 0 Å². The summed E-state index contributed by atoms with van der Waals surface area (Å²) in [5.41, 5.74) is 2.67. The van der Waals surface area contributed by atoms with Gasteiger partial charge < -0.3 is 13.9 Å². The predicted octanol–water partition coefficient (Wildman–Crippen LogP) is 3.83. The van der Waals surface area contributed by atoms with Crippen LogP contribution in [0.3, 0.4) is 0 Å². The lowest BCUT2D eigenvalue weighted by atomic mass is 10.2. The van der Waals surface area contributed by atoms with Crippen molar-refractivity contribution in [2.24, 2.45) is 0 Å². The number of thioether (sulfide) groups is 1. The molecule has 0 unspecified atom stereocenters. The molecule has 0 bridgehead atoms. The third-order valence-electron chi connectivity index (χ3n) is 3.43. The molecule has 0 spiro atoms. The number of carbonyl (C=O) groups excluding carboxylic acids is 2. The summed E-state index contributed by atoms with van der Waals surface area (Å²) in [4.78, 5) is 24.4. The van der Waals surface area contributed by atoms with Crippen LogP contribution in [0.4, 0.5) is 0 Å². The van der Waals surface area contributed by atoms with E-state index in [-0.39, 0.29) is 18.3 Å². The van der Waals surface area contributed by atoms with Crippen LogP contribution in [0.5, 0.6) is 0 Å². The fraction of sp³-hybridized carbons (Fsp3) is 0.333. The van der Waals surface area contributed by atoms with Crippen LogP contribution in [-0.2, 0) is 20.9 Å². The van der Waals surface area contributed by atoms with Gasteiger partial charge in [0.05, 0.1) is 12.9 Å². The quantitative estimate of drug-likeness (QED) is 0.584. The Kier molecular flexibility index (Phi) is 6.09. The summed E-state index contributed by atoms with van der Waals surface area (Å²) in [7, 11) is 1.30. The second-order valence-electron chi connectivity index (χ2n) is 5.39. The molecule has 0 radical (unpaired) electrons. The lowest BCUT2D eigenvalue weighted by Crippen LogP contribution is -2.07. The normalized spacial score (nSPS) is 10.5. The Morgan fingerprint density at radius 3 is 2.58 bits per heavy atom. The summed E-state index contributed by atoms with van der Waals surface area (Å²) in [6.07, 6.45) is 0. The zero-order chi connectivity index (χ0) is 17.7. The van der Waals surface area contributed by atoms with E-state index in [1.807, 2.05) is 26.0 Å². The highest BCUT2D eigenvalue weighted by Gasteiger charge is 2.16. The molecule has 24 heavy (non-hydrogen) atoms. The molecule has 128 valence electrons. The molecule has 5 nitrogen and oxygen atoms in total. The zero-order valence-electron chi connectivity index (χ0n) is 14.2. The lowest BCUT2D eigenvalue weighted by Gasteiger charge is -2.06. The van der Waals surface area contributed by atoms with Crippen LogP contribution in [0.25, 0.3) is 0 Å². The SMILES string of the molecule is COC(=O)c1cc(COC(=O)CSc2ccc(C)cc2C)oc1C. The summed E-state index contributed by atoms with van der Waals surface area (Å²) in [6.45, 7) is 5.70. The van der Waals surface area contributed by atoms with Gasteiger partial charge in [-0.1, -0.05) is 17.7 Å². The van der Waals surface area contributed by atoms with Gasteiger partial charge in [-0.05, 0) is 38.5 Å². The third kappa shape index (κ3) is 4.64. The van der Waals surface area contributed by atoms with Gasteiger partial charge in [0, 0.05) is 4.90 Å². The summed E-state index contributed by atoms with van der Waals surface area (Å²) in [5.74, 6) is 0.260. The van der Waals surface area contributed by atoms with E-state index in [0.717, 1.165) is 10.5 Å². The van der Waals surface area contributed by atoms with E-state index in [0.29, 0.717) is 17.1 Å². The predicted molar refractivity (Wildman–Crippen MR) is 91.2 cm³/mol. The van der Waals surface area contributed by atoms with Crippen LogP contribution in [0.2, 0.25) is 0 Å². The van der Waals surface area contributed by atoms with E-state index in [4.69, 9.17) is 9.15 Å². The molecule has 0 aliphatic rings. The first kappa shape index (κ1) is 18.1. The Bertz CT molecular complexity index is 748. The van der Waals surface area contributed by atoms with Gasteiger partial charge in [0.1, 0.15) is 23.7 Å². The summed E-state index contributed by atoms with van der Waals surface area (Å²) in [5, 5.41) is 0. The molecule has 0 aliphatic carbocycles. The first-order chi connectivity index (χ1) is 11.4. The molecule has 1 aromatic carbocycles. The highest BCUT2D eigenvalue weighted by molar-refractivity contribution is 8.00. The molecule has 0 atom stereocenters. The molecule has 6 heteroatoms. The highest BCUT2D eigenvalue weighted by Crippen LogP contribution is 2.23. The van der Waals surface area contributed by atoms with Crippen LogP contribution in [0.15, 0.2) is 33.6 Å². The minimum absolute atomic E-state index is 0.00981. The van der Waals surface area contributed by atoms with Gasteiger partial charge >= 0.3 is 11.9 Å². The number of aryl methyl sites for hydroxylation is 3. The van der Waals surface area contributed by atoms with Crippen molar-refractivity contribution in [2.75, 3.05) is 12.9 Å². The average molecular weight is 348 g/mol. The zero-order valence-corrected chi connectivity index (χ0v) is 15.0. The summed E-state index contributed by atoms with van der Waals surface area (Å²) < 4.78 is 15.2. The van der Waals surface area contributed by atoms with Gasteiger partial charge in [-0.3, -0.25) is 4.79 Å². The number of ether oxygens (including phenoxy) is 2. The fourth-order valence-corrected chi connectivity index (χ4v) is 3.03. The number of hydrogen-bond acceptors (Lipinski definition) is 6. The molecule has 0 N–H and O–H groups in total. The van der Waals surface area contributed by atoms with E-state index < -0.39 is 5.97 Å². The highest BCUT2D eigenvalue weighted by atomic mass is 32.2. The standard InChI is InChI=1S/C18H20O5S/c1-11-5-6-16(12(2)7-11)24-10-17(19)22-9-14-8-15(13(3)23-14)18(20)21-4/h5-8H,9-10H2,1-4H3. The number of furan rings is 1. The number of hydrogen-bond donors (Lipinski definition) is 0. The maximum atomic E-state index is 11.9. The molecular formula is C18H20O5S. The number of rotatable bonds is 6. The maximum Gasteiger partial charge on any atom is 0.341 e. The fourth-order valence-electron chi connectivity index (χ4n) is 2.22. The minimum atomic E-state index is -0.473. The summed E-state index contributed by atoms with van der Waals surface area (Å²) >= 11 is 1.44. The van der Waals surface area contributed by atoms with Gasteiger partial charge in [0.2, 0.25) is 0 Å². The largest absolute Gasteiger partial charge is 0.465 e. The van der Waals surface area contributed by atoms with Crippen molar-refractivity contribution in [3.8, 4) is 0 Å². The number of carbonyl (C=O) groups is 2. The smallest absolute Gasteiger partial charge is 0.341 e. The topological polar surface area (TPSA) is 65.7 Å². The van der Waals surface area contributed by atoms with Crippen LogP contribution in [0, 0.1) is 20.8 Å². The van der Waals surface area contributed by atoms with Gasteiger partial charge in [0.15, 0.2) is 0 Å². The van der Waals surface area contributed by atoms with Crippen LogP contribution in [0.1, 0.15) is 33.0 Å². The van der Waals surface area contributed by atoms with E-state index in [1.165, 1.54) is 30.5 Å². The summed E-state index contributed by atoms with van der Waals surface area (Å²) in [6, 6.07) is 7.63. The monoisotopic (exact) mass is 348 g/mol. The van der Waals surface area contributed by atoms with Crippen LogP contribution in [-0.4, -0.2) is 24.8 Å². The Morgan fingerprint density at radius 1 is 1.17 bits per heavy atom. The number of esters is 2. The molecule has 0 aliphatic heterocycles. The first-order valence-corrected chi connectivity index (χ1v) is 8.42. The second-order valence-corrected chi connectivity index (χ2v) is 6.41. The third-order valence-corrected chi connectivity index (χ3v) is 4.57. The molecule has 1 aromatic heterocycles. The maximum absolute atomic E-state index is 11.9. The molecule has 0 saturated heterocycles. The van der Waals surface area contributed by atoms with E-state index in [2.05, 4.69) is 10.8 Å². The van der Waals surface area contributed by atoms with Gasteiger partial charge in [-0.2, -0.15) is 0 Å². The average Bonchev–Trinajstić information content (AvgIpc) is 2.92. The van der Waals surface area contributed by atoms with E-state index in [1.54, 1.807) is 6.92 Å². The Hall–Kier alpha value is -2.21. The molecule has 0 saturated carbocycles. The molecule has 2 aromatic rings. The van der Waals surface area contributed by atoms with Crippen molar-refractivity contribution >= 4 is 23.7 Å². The van der Waals surface area contributed by atoms with Gasteiger partial charge in [-0.25, -0.2) is 4.79 Å². The Balaban J connectivity index is 1.86. The number of methoxy groups -OCH3 is 1. The van der Waals surface area contributed by atoms with Crippen molar-refractivity contribution in [1.82, 2.24) is 0 Å². The molecule has 1 heterocycles. The Labute approximate surface area is 145 Å². The molecule has 0 amide bonds. The molecule has 0 fully saturated rings. The van der Waals surface area contributed by atoms with Crippen molar-refractivity contribution in [3.63, 3.8) is 0 Å². The number of benzene rings is 1. The van der Waals surface area contributed by atoms with E-state index in [9.17, 15) is 9.59 Å². The molecular weight excluding hydrogens is 328 g/mol. The van der Waals surface area contributed by atoms with Crippen molar-refractivity contribution in [1.29, 1.82) is 0 Å². The molecule has 2 rings (SSSR count). The van der Waals surface area contributed by atoms with Gasteiger partial charge in [-0.15, -0.1) is 11.8 Å². The van der Waals surface area contributed by atoms with Crippen molar-refractivity contribution < 1.29 is 23.5 Å². The second kappa shape index (κ2) is 8.06. The van der Waals surface area contributed by atoms with E-state index >= 15 is 0 Å².